The molecule has 0 atom stereocenters. The number of nitrogens with one attached hydrogen (secondary N) is 1. The lowest BCUT2D eigenvalue weighted by atomic mass is 10.0. The lowest BCUT2D eigenvalue weighted by Gasteiger charge is -2.23. The zero-order chi connectivity index (χ0) is 23.7. The first-order chi connectivity index (χ1) is 16.4. The summed E-state index contributed by atoms with van der Waals surface area (Å²) in [5, 5.41) is 0. The molecule has 0 saturated heterocycles. The van der Waals surface area contributed by atoms with Gasteiger partial charge in [-0.15, -0.1) is 0 Å². The number of nitrogens with zero attached hydrogens (tertiary/aromatic N) is 3. The Bertz CT molecular complexity index is 1500. The van der Waals surface area contributed by atoms with Crippen molar-refractivity contribution in [1.29, 1.82) is 0 Å². The van der Waals surface area contributed by atoms with Crippen molar-refractivity contribution in [2.24, 2.45) is 0 Å². The Kier molecular flexibility index (Phi) is 6.22. The normalized spacial score (nSPS) is 13.9. The van der Waals surface area contributed by atoms with Crippen LogP contribution in [-0.4, -0.2) is 35.7 Å². The summed E-state index contributed by atoms with van der Waals surface area (Å²) in [6.07, 6.45) is 4.73. The van der Waals surface area contributed by atoms with Crippen LogP contribution >= 0.6 is 22.6 Å². The van der Waals surface area contributed by atoms with Crippen molar-refractivity contribution in [2.45, 2.75) is 24.3 Å². The minimum Gasteiger partial charge on any atom is -0.334 e. The van der Waals surface area contributed by atoms with Crippen LogP contribution in [0, 0.1) is 3.57 Å². The van der Waals surface area contributed by atoms with Gasteiger partial charge >= 0.3 is 0 Å². The van der Waals surface area contributed by atoms with Crippen LogP contribution in [0.2, 0.25) is 0 Å². The molecule has 2 heterocycles. The molecule has 0 radical (unpaired) electrons. The molecular weight excluding hydrogens is 563 g/mol. The fourth-order valence-electron chi connectivity index (χ4n) is 4.21. The maximum absolute atomic E-state index is 13.6. The third-order valence-electron chi connectivity index (χ3n) is 5.85. The molecule has 4 aromatic rings. The minimum atomic E-state index is -4.03. The van der Waals surface area contributed by atoms with Gasteiger partial charge in [0.15, 0.2) is 0 Å². The first kappa shape index (κ1) is 22.7. The Balaban J connectivity index is 1.50. The molecule has 3 aromatic carbocycles. The van der Waals surface area contributed by atoms with E-state index in [0.717, 1.165) is 22.0 Å². The van der Waals surface area contributed by atoms with Crippen LogP contribution in [0.15, 0.2) is 78.0 Å². The molecule has 0 spiro atoms. The van der Waals surface area contributed by atoms with Crippen LogP contribution in [0.3, 0.4) is 0 Å². The summed E-state index contributed by atoms with van der Waals surface area (Å²) in [7, 11) is -4.03. The molecular formula is C25H21IN4O3S. The molecule has 0 bridgehead atoms. The van der Waals surface area contributed by atoms with Crippen LogP contribution in [0.5, 0.6) is 0 Å². The minimum absolute atomic E-state index is 0.0130. The van der Waals surface area contributed by atoms with Gasteiger partial charge < -0.3 is 4.90 Å². The molecule has 0 unspecified atom stereocenters. The number of benzene rings is 3. The quantitative estimate of drug-likeness (QED) is 0.354. The van der Waals surface area contributed by atoms with E-state index in [1.54, 1.807) is 35.2 Å². The van der Waals surface area contributed by atoms with Gasteiger partial charge in [0.25, 0.3) is 15.9 Å². The first-order valence-corrected chi connectivity index (χ1v) is 13.4. The Hall–Kier alpha value is -3.05. The number of rotatable bonds is 4. The lowest BCUT2D eigenvalue weighted by molar-refractivity contribution is 0.0747. The molecule has 1 aliphatic rings. The van der Waals surface area contributed by atoms with E-state index < -0.39 is 10.0 Å². The predicted octanol–water partition coefficient (Wildman–Crippen LogP) is 4.62. The highest BCUT2D eigenvalue weighted by Crippen LogP contribution is 2.28. The van der Waals surface area contributed by atoms with Crippen molar-refractivity contribution in [1.82, 2.24) is 14.9 Å². The monoisotopic (exact) mass is 584 g/mol. The van der Waals surface area contributed by atoms with Crippen LogP contribution in [0.1, 0.15) is 27.9 Å². The smallest absolute Gasteiger partial charge is 0.264 e. The van der Waals surface area contributed by atoms with Crippen molar-refractivity contribution in [3.8, 4) is 0 Å². The van der Waals surface area contributed by atoms with E-state index in [4.69, 9.17) is 0 Å². The zero-order valence-corrected chi connectivity index (χ0v) is 21.1. The Morgan fingerprint density at radius 1 is 0.971 bits per heavy atom. The third kappa shape index (κ3) is 4.49. The fraction of sp³-hybridized carbons (Fsp3) is 0.160. The van der Waals surface area contributed by atoms with Crippen molar-refractivity contribution < 1.29 is 13.2 Å². The van der Waals surface area contributed by atoms with Gasteiger partial charge in [-0.05, 0) is 76.9 Å². The van der Waals surface area contributed by atoms with E-state index in [2.05, 4.69) is 43.3 Å². The molecule has 0 saturated carbocycles. The fourth-order valence-corrected chi connectivity index (χ4v) is 5.94. The molecule has 7 nitrogen and oxygen atoms in total. The summed E-state index contributed by atoms with van der Waals surface area (Å²) in [6, 6.07) is 18.1. The summed E-state index contributed by atoms with van der Waals surface area (Å²) in [5.41, 5.74) is 3.69. The molecule has 1 aliphatic heterocycles. The second kappa shape index (κ2) is 9.30. The molecule has 5 rings (SSSR count). The molecule has 172 valence electrons. The summed E-state index contributed by atoms with van der Waals surface area (Å²) >= 11 is 2.10. The maximum Gasteiger partial charge on any atom is 0.264 e. The number of sulfonamides is 1. The SMILES string of the molecule is O=C(c1ccc(I)cc1NS(=O)(=O)c1cccc2nccnc12)N1CCCc2ccccc2C1. The van der Waals surface area contributed by atoms with Gasteiger partial charge in [0, 0.05) is 29.1 Å². The number of hydrogen-bond acceptors (Lipinski definition) is 5. The van der Waals surface area contributed by atoms with Crippen molar-refractivity contribution in [2.75, 3.05) is 11.3 Å². The van der Waals surface area contributed by atoms with Crippen LogP contribution in [-0.2, 0) is 23.0 Å². The first-order valence-electron chi connectivity index (χ1n) is 10.8. The number of fused-ring (bicyclic) bond motifs is 2. The highest BCUT2D eigenvalue weighted by Gasteiger charge is 2.26. The average Bonchev–Trinajstić information content (AvgIpc) is 3.06. The van der Waals surface area contributed by atoms with Crippen LogP contribution < -0.4 is 4.72 Å². The number of halogens is 1. The van der Waals surface area contributed by atoms with Gasteiger partial charge in [0.1, 0.15) is 10.4 Å². The second-order valence-corrected chi connectivity index (χ2v) is 11.0. The van der Waals surface area contributed by atoms with E-state index in [1.165, 1.54) is 24.0 Å². The summed E-state index contributed by atoms with van der Waals surface area (Å²) in [5.74, 6) is -0.205. The summed E-state index contributed by atoms with van der Waals surface area (Å²) in [4.78, 5) is 23.8. The highest BCUT2D eigenvalue weighted by molar-refractivity contribution is 14.1. The maximum atomic E-state index is 13.6. The number of aromatic nitrogens is 2. The number of aryl methyl sites for hydroxylation is 1. The van der Waals surface area contributed by atoms with Gasteiger partial charge in [-0.25, -0.2) is 8.42 Å². The van der Waals surface area contributed by atoms with Gasteiger partial charge in [-0.3, -0.25) is 19.5 Å². The summed E-state index contributed by atoms with van der Waals surface area (Å²) < 4.78 is 30.2. The largest absolute Gasteiger partial charge is 0.334 e. The average molecular weight is 584 g/mol. The molecule has 1 N–H and O–H groups in total. The second-order valence-electron chi connectivity index (χ2n) is 8.07. The number of carbonyl (C=O) groups is 1. The van der Waals surface area contributed by atoms with Crippen LogP contribution in [0.4, 0.5) is 5.69 Å². The summed E-state index contributed by atoms with van der Waals surface area (Å²) in [6.45, 7) is 1.09. The van der Waals surface area contributed by atoms with Crippen molar-refractivity contribution >= 4 is 55.2 Å². The number of para-hydroxylation sites is 1. The lowest BCUT2D eigenvalue weighted by Crippen LogP contribution is -2.31. The third-order valence-corrected chi connectivity index (χ3v) is 7.92. The number of carbonyl (C=O) groups excluding carboxylic acids is 1. The molecule has 0 fully saturated rings. The standard InChI is InChI=1S/C25H21IN4O3S/c26-19-10-11-20(25(31)30-14-4-7-17-5-1-2-6-18(17)16-30)22(15-19)29-34(32,33)23-9-3-8-21-24(23)28-13-12-27-21/h1-3,5-6,8-13,15,29H,4,7,14,16H2. The van der Waals surface area contributed by atoms with E-state index in [0.29, 0.717) is 24.2 Å². The Morgan fingerprint density at radius 3 is 2.62 bits per heavy atom. The predicted molar refractivity (Wildman–Crippen MR) is 139 cm³/mol. The van der Waals surface area contributed by atoms with Gasteiger partial charge in [0.05, 0.1) is 16.8 Å². The Morgan fingerprint density at radius 2 is 1.76 bits per heavy atom. The molecule has 0 aliphatic carbocycles. The molecule has 1 aromatic heterocycles. The van der Waals surface area contributed by atoms with E-state index in [9.17, 15) is 13.2 Å². The molecule has 1 amide bonds. The van der Waals surface area contributed by atoms with Gasteiger partial charge in [-0.2, -0.15) is 0 Å². The van der Waals surface area contributed by atoms with Crippen molar-refractivity contribution in [3.63, 3.8) is 0 Å². The van der Waals surface area contributed by atoms with Crippen LogP contribution in [0.25, 0.3) is 11.0 Å². The molecule has 9 heteroatoms. The van der Waals surface area contributed by atoms with Crippen molar-refractivity contribution in [3.05, 3.63) is 93.3 Å². The zero-order valence-electron chi connectivity index (χ0n) is 18.1. The topological polar surface area (TPSA) is 92.3 Å². The molecule has 34 heavy (non-hydrogen) atoms. The van der Waals surface area contributed by atoms with E-state index in [-0.39, 0.29) is 22.0 Å². The van der Waals surface area contributed by atoms with E-state index >= 15 is 0 Å². The van der Waals surface area contributed by atoms with E-state index in [1.807, 2.05) is 18.2 Å². The number of hydrogen-bond donors (Lipinski definition) is 1. The Labute approximate surface area is 211 Å². The number of anilines is 1. The number of amides is 1. The highest BCUT2D eigenvalue weighted by atomic mass is 127. The van der Waals surface area contributed by atoms with Gasteiger partial charge in [0.2, 0.25) is 0 Å². The van der Waals surface area contributed by atoms with Gasteiger partial charge in [-0.1, -0.05) is 30.3 Å².